The zero-order chi connectivity index (χ0) is 21.0. The van der Waals surface area contributed by atoms with Gasteiger partial charge in [-0.15, -0.1) is 0 Å². The van der Waals surface area contributed by atoms with E-state index in [1.165, 1.54) is 0 Å². The molecule has 1 aromatic heterocycles. The fraction of sp³-hybridized carbons (Fsp3) is 0.227. The molecule has 7 heteroatoms. The first-order valence-electron chi connectivity index (χ1n) is 9.05. The average Bonchev–Trinajstić information content (AvgIpc) is 2.68. The first kappa shape index (κ1) is 20.1. The standard InChI is InChI=1S/C22H21NO6/c1-13-8-17(28-12-19(24)23-11-20(25)26)21-14(2)16(22(27)29-18(21)9-13)10-15-6-4-3-5-7-15/h3-9H,10-12H2,1-2H3,(H,23,24)(H,25,26)/p-1. The van der Waals surface area contributed by atoms with Gasteiger partial charge in [0.15, 0.2) is 6.61 Å². The van der Waals surface area contributed by atoms with Crippen LogP contribution >= 0.6 is 0 Å². The number of aryl methyl sites for hydroxylation is 2. The highest BCUT2D eigenvalue weighted by molar-refractivity contribution is 5.89. The van der Waals surface area contributed by atoms with E-state index in [2.05, 4.69) is 5.32 Å². The third-order valence-electron chi connectivity index (χ3n) is 4.50. The molecule has 0 radical (unpaired) electrons. The molecule has 0 saturated carbocycles. The number of ether oxygens (including phenoxy) is 1. The summed E-state index contributed by atoms with van der Waals surface area (Å²) in [5, 5.41) is 13.2. The maximum absolute atomic E-state index is 12.6. The van der Waals surface area contributed by atoms with Crippen molar-refractivity contribution in [2.45, 2.75) is 20.3 Å². The van der Waals surface area contributed by atoms with Gasteiger partial charge in [-0.3, -0.25) is 4.79 Å². The third-order valence-corrected chi connectivity index (χ3v) is 4.50. The van der Waals surface area contributed by atoms with Gasteiger partial charge in [-0.1, -0.05) is 30.3 Å². The van der Waals surface area contributed by atoms with Gasteiger partial charge in [0.2, 0.25) is 0 Å². The van der Waals surface area contributed by atoms with E-state index >= 15 is 0 Å². The summed E-state index contributed by atoms with van der Waals surface area (Å²) in [6.07, 6.45) is 0.407. The van der Waals surface area contributed by atoms with Gasteiger partial charge in [0.25, 0.3) is 5.91 Å². The number of aliphatic carboxylic acids is 1. The van der Waals surface area contributed by atoms with E-state index < -0.39 is 24.0 Å². The van der Waals surface area contributed by atoms with Gasteiger partial charge < -0.3 is 24.4 Å². The minimum absolute atomic E-state index is 0.370. The van der Waals surface area contributed by atoms with Crippen molar-refractivity contribution < 1.29 is 23.8 Å². The van der Waals surface area contributed by atoms with Crippen LogP contribution in [0.1, 0.15) is 22.3 Å². The molecule has 0 aliphatic carbocycles. The average molecular weight is 394 g/mol. The van der Waals surface area contributed by atoms with Gasteiger partial charge in [0.1, 0.15) is 11.3 Å². The van der Waals surface area contributed by atoms with Crippen LogP contribution in [0.2, 0.25) is 0 Å². The smallest absolute Gasteiger partial charge is 0.340 e. The second-order valence-corrected chi connectivity index (χ2v) is 6.73. The molecule has 2 aromatic carbocycles. The Morgan fingerprint density at radius 3 is 2.55 bits per heavy atom. The van der Waals surface area contributed by atoms with Crippen molar-refractivity contribution in [2.24, 2.45) is 0 Å². The molecule has 1 amide bonds. The number of carbonyl (C=O) groups excluding carboxylic acids is 2. The van der Waals surface area contributed by atoms with Crippen LogP contribution in [0.25, 0.3) is 11.0 Å². The Morgan fingerprint density at radius 1 is 1.14 bits per heavy atom. The Hall–Kier alpha value is -3.61. The van der Waals surface area contributed by atoms with Crippen LogP contribution < -0.4 is 20.8 Å². The fourth-order valence-corrected chi connectivity index (χ4v) is 3.12. The van der Waals surface area contributed by atoms with Crippen LogP contribution in [-0.2, 0) is 16.0 Å². The maximum atomic E-state index is 12.6. The van der Waals surface area contributed by atoms with E-state index in [1.807, 2.05) is 44.2 Å². The Morgan fingerprint density at radius 2 is 1.86 bits per heavy atom. The first-order valence-corrected chi connectivity index (χ1v) is 9.05. The van der Waals surface area contributed by atoms with Crippen LogP contribution in [-0.4, -0.2) is 25.0 Å². The third kappa shape index (κ3) is 4.82. The topological polar surface area (TPSA) is 109 Å². The Labute approximate surface area is 166 Å². The molecule has 0 aliphatic rings. The van der Waals surface area contributed by atoms with Crippen molar-refractivity contribution >= 4 is 22.8 Å². The van der Waals surface area contributed by atoms with E-state index in [4.69, 9.17) is 9.15 Å². The molecule has 1 N–H and O–H groups in total. The largest absolute Gasteiger partial charge is 0.548 e. The zero-order valence-electron chi connectivity index (χ0n) is 16.1. The molecule has 0 fully saturated rings. The normalized spacial score (nSPS) is 10.7. The molecular weight excluding hydrogens is 374 g/mol. The molecule has 3 rings (SSSR count). The lowest BCUT2D eigenvalue weighted by Crippen LogP contribution is -2.39. The molecule has 29 heavy (non-hydrogen) atoms. The quantitative estimate of drug-likeness (QED) is 0.604. The van der Waals surface area contributed by atoms with Crippen LogP contribution in [0, 0.1) is 13.8 Å². The molecule has 0 saturated heterocycles. The number of nitrogens with one attached hydrogen (secondary N) is 1. The van der Waals surface area contributed by atoms with Crippen molar-refractivity contribution in [3.8, 4) is 5.75 Å². The molecule has 7 nitrogen and oxygen atoms in total. The van der Waals surface area contributed by atoms with E-state index in [9.17, 15) is 19.5 Å². The van der Waals surface area contributed by atoms with Crippen LogP contribution in [0.15, 0.2) is 51.7 Å². The molecule has 0 atom stereocenters. The van der Waals surface area contributed by atoms with E-state index in [1.54, 1.807) is 12.1 Å². The number of carboxylic acid groups (broad SMARTS) is 1. The number of carboxylic acids is 1. The number of carbonyl (C=O) groups is 2. The fourth-order valence-electron chi connectivity index (χ4n) is 3.12. The summed E-state index contributed by atoms with van der Waals surface area (Å²) in [5.41, 5.74) is 2.94. The zero-order valence-corrected chi connectivity index (χ0v) is 16.1. The van der Waals surface area contributed by atoms with Gasteiger partial charge in [-0.2, -0.15) is 0 Å². The summed E-state index contributed by atoms with van der Waals surface area (Å²) in [7, 11) is 0. The van der Waals surface area contributed by atoms with Crippen molar-refractivity contribution in [1.29, 1.82) is 0 Å². The Balaban J connectivity index is 1.97. The lowest BCUT2D eigenvalue weighted by molar-refractivity contribution is -0.304. The SMILES string of the molecule is Cc1cc(OCC(=O)NCC(=O)[O-])c2c(C)c(Cc3ccccc3)c(=O)oc2c1. The summed E-state index contributed by atoms with van der Waals surface area (Å²) in [4.78, 5) is 34.8. The number of amides is 1. The van der Waals surface area contributed by atoms with E-state index in [0.29, 0.717) is 34.3 Å². The summed E-state index contributed by atoms with van der Waals surface area (Å²) < 4.78 is 11.2. The number of benzene rings is 2. The van der Waals surface area contributed by atoms with E-state index in [-0.39, 0.29) is 6.61 Å². The van der Waals surface area contributed by atoms with Crippen LogP contribution in [0.5, 0.6) is 5.75 Å². The van der Waals surface area contributed by atoms with Gasteiger partial charge in [-0.25, -0.2) is 4.79 Å². The van der Waals surface area contributed by atoms with Gasteiger partial charge in [0.05, 0.1) is 17.9 Å². The minimum atomic E-state index is -1.39. The number of hydrogen-bond donors (Lipinski definition) is 1. The molecule has 0 unspecified atom stereocenters. The summed E-state index contributed by atoms with van der Waals surface area (Å²) in [6.45, 7) is 2.66. The molecule has 0 spiro atoms. The predicted octanol–water partition coefficient (Wildman–Crippen LogP) is 1.25. The van der Waals surface area contributed by atoms with Gasteiger partial charge in [-0.05, 0) is 42.7 Å². The molecule has 1 heterocycles. The summed E-state index contributed by atoms with van der Waals surface area (Å²) >= 11 is 0. The second kappa shape index (κ2) is 8.60. The second-order valence-electron chi connectivity index (χ2n) is 6.73. The van der Waals surface area contributed by atoms with Crippen LogP contribution in [0.3, 0.4) is 0 Å². The molecule has 0 aliphatic heterocycles. The highest BCUT2D eigenvalue weighted by atomic mass is 16.5. The minimum Gasteiger partial charge on any atom is -0.548 e. The van der Waals surface area contributed by atoms with Crippen molar-refractivity contribution in [1.82, 2.24) is 5.32 Å². The molecule has 3 aromatic rings. The molecule has 0 bridgehead atoms. The Bertz CT molecular complexity index is 1120. The lowest BCUT2D eigenvalue weighted by atomic mass is 9.98. The van der Waals surface area contributed by atoms with Crippen LogP contribution in [0.4, 0.5) is 0 Å². The maximum Gasteiger partial charge on any atom is 0.340 e. The molecular formula is C22H20NO6-. The summed E-state index contributed by atoms with van der Waals surface area (Å²) in [6, 6.07) is 13.0. The predicted molar refractivity (Wildman–Crippen MR) is 105 cm³/mol. The number of fused-ring (bicyclic) bond motifs is 1. The van der Waals surface area contributed by atoms with Crippen molar-refractivity contribution in [2.75, 3.05) is 13.2 Å². The van der Waals surface area contributed by atoms with E-state index in [0.717, 1.165) is 11.1 Å². The Kier molecular flexibility index (Phi) is 5.97. The first-order chi connectivity index (χ1) is 13.8. The summed E-state index contributed by atoms with van der Waals surface area (Å²) in [5.74, 6) is -1.59. The van der Waals surface area contributed by atoms with Gasteiger partial charge in [0, 0.05) is 12.0 Å². The van der Waals surface area contributed by atoms with Crippen molar-refractivity contribution in [3.05, 3.63) is 75.1 Å². The number of hydrogen-bond acceptors (Lipinski definition) is 6. The monoisotopic (exact) mass is 394 g/mol. The molecule has 150 valence electrons. The lowest BCUT2D eigenvalue weighted by Gasteiger charge is -2.14. The highest BCUT2D eigenvalue weighted by Gasteiger charge is 2.17. The highest BCUT2D eigenvalue weighted by Crippen LogP contribution is 2.31. The van der Waals surface area contributed by atoms with Crippen molar-refractivity contribution in [3.63, 3.8) is 0 Å². The van der Waals surface area contributed by atoms with Gasteiger partial charge >= 0.3 is 5.63 Å². The number of rotatable bonds is 7.